The molecule has 98 valence electrons. The highest BCUT2D eigenvalue weighted by Crippen LogP contribution is 2.21. The maximum absolute atomic E-state index is 12.1. The molecule has 0 aromatic carbocycles. The van der Waals surface area contributed by atoms with Crippen molar-refractivity contribution in [3.8, 4) is 0 Å². The third-order valence-electron chi connectivity index (χ3n) is 2.44. The highest BCUT2D eigenvalue weighted by atomic mass is 35.5. The number of hydrogen-bond donors (Lipinski definition) is 2. The normalized spacial score (nSPS) is 13.7. The van der Waals surface area contributed by atoms with Gasteiger partial charge >= 0.3 is 0 Å². The summed E-state index contributed by atoms with van der Waals surface area (Å²) in [5.74, 6) is 0. The molecule has 0 amide bonds. The summed E-state index contributed by atoms with van der Waals surface area (Å²) in [6, 6.07) is -0.424. The average Bonchev–Trinajstić information content (AvgIpc) is 2.89. The topological polar surface area (TPSA) is 92.7 Å². The second-order valence-electron chi connectivity index (χ2n) is 3.83. The number of nitrogens with zero attached hydrogens (tertiary/aromatic N) is 3. The van der Waals surface area contributed by atoms with Gasteiger partial charge in [-0.05, 0) is 6.92 Å². The third kappa shape index (κ3) is 2.40. The van der Waals surface area contributed by atoms with E-state index in [1.807, 2.05) is 0 Å². The summed E-state index contributed by atoms with van der Waals surface area (Å²) in [6.07, 6.45) is 4.51. The molecule has 1 atom stereocenters. The van der Waals surface area contributed by atoms with Crippen LogP contribution in [0.25, 0.3) is 0 Å². The summed E-state index contributed by atoms with van der Waals surface area (Å²) < 4.78 is 28.1. The van der Waals surface area contributed by atoms with Gasteiger partial charge in [0.2, 0.25) is 5.03 Å². The van der Waals surface area contributed by atoms with Crippen molar-refractivity contribution in [3.63, 3.8) is 0 Å². The van der Waals surface area contributed by atoms with Gasteiger partial charge in [0.1, 0.15) is 5.15 Å². The molecule has 0 saturated heterocycles. The summed E-state index contributed by atoms with van der Waals surface area (Å²) in [6.45, 7) is 1.71. The summed E-state index contributed by atoms with van der Waals surface area (Å²) in [5, 5.41) is 6.28. The summed E-state index contributed by atoms with van der Waals surface area (Å²) in [7, 11) is -2.13. The van der Waals surface area contributed by atoms with Crippen LogP contribution in [0.2, 0.25) is 5.15 Å². The van der Waals surface area contributed by atoms with Crippen molar-refractivity contribution in [2.75, 3.05) is 0 Å². The van der Waals surface area contributed by atoms with Gasteiger partial charge in [0.25, 0.3) is 10.0 Å². The number of aryl methyl sites for hydroxylation is 1. The Morgan fingerprint density at radius 1 is 1.56 bits per heavy atom. The van der Waals surface area contributed by atoms with Gasteiger partial charge in [-0.15, -0.1) is 0 Å². The number of halogens is 1. The number of aromatic nitrogens is 4. The van der Waals surface area contributed by atoms with Gasteiger partial charge in [-0.2, -0.15) is 5.10 Å². The van der Waals surface area contributed by atoms with E-state index in [0.29, 0.717) is 0 Å². The fourth-order valence-electron chi connectivity index (χ4n) is 1.43. The molecule has 0 spiro atoms. The van der Waals surface area contributed by atoms with E-state index in [1.165, 1.54) is 10.9 Å². The van der Waals surface area contributed by atoms with E-state index < -0.39 is 16.1 Å². The predicted molar refractivity (Wildman–Crippen MR) is 65.5 cm³/mol. The molecule has 0 bridgehead atoms. The molecule has 0 aliphatic heterocycles. The van der Waals surface area contributed by atoms with Gasteiger partial charge in [0.15, 0.2) is 0 Å². The molecular formula is C9H12ClN5O2S. The molecule has 0 aliphatic carbocycles. The Labute approximate surface area is 109 Å². The lowest BCUT2D eigenvalue weighted by molar-refractivity contribution is 0.564. The van der Waals surface area contributed by atoms with Crippen molar-refractivity contribution in [1.29, 1.82) is 0 Å². The van der Waals surface area contributed by atoms with Crippen LogP contribution in [-0.2, 0) is 17.1 Å². The van der Waals surface area contributed by atoms with Crippen LogP contribution in [-0.4, -0.2) is 28.2 Å². The van der Waals surface area contributed by atoms with Crippen LogP contribution in [0.1, 0.15) is 18.5 Å². The zero-order chi connectivity index (χ0) is 13.3. The van der Waals surface area contributed by atoms with Gasteiger partial charge in [0.05, 0.1) is 12.5 Å². The molecule has 9 heteroatoms. The lowest BCUT2D eigenvalue weighted by atomic mass is 10.2. The quantitative estimate of drug-likeness (QED) is 0.872. The molecule has 2 aromatic rings. The monoisotopic (exact) mass is 289 g/mol. The van der Waals surface area contributed by atoms with Crippen LogP contribution in [0.15, 0.2) is 23.7 Å². The highest BCUT2D eigenvalue weighted by molar-refractivity contribution is 7.89. The molecular weight excluding hydrogens is 278 g/mol. The van der Waals surface area contributed by atoms with E-state index >= 15 is 0 Å². The van der Waals surface area contributed by atoms with Gasteiger partial charge in [-0.25, -0.2) is 18.1 Å². The fraction of sp³-hybridized carbons (Fsp3) is 0.333. The number of imidazole rings is 1. The van der Waals surface area contributed by atoms with Crippen LogP contribution < -0.4 is 4.72 Å². The minimum atomic E-state index is -3.75. The first-order valence-electron chi connectivity index (χ1n) is 5.09. The molecule has 2 N–H and O–H groups in total. The Kier molecular flexibility index (Phi) is 3.42. The minimum Gasteiger partial charge on any atom is -0.324 e. The maximum Gasteiger partial charge on any atom is 0.261 e. The van der Waals surface area contributed by atoms with Crippen molar-refractivity contribution >= 4 is 21.6 Å². The van der Waals surface area contributed by atoms with Crippen molar-refractivity contribution in [1.82, 2.24) is 24.5 Å². The summed E-state index contributed by atoms with van der Waals surface area (Å²) in [5.41, 5.74) is 0.727. The van der Waals surface area contributed by atoms with Crippen molar-refractivity contribution in [3.05, 3.63) is 29.4 Å². The van der Waals surface area contributed by atoms with E-state index in [1.54, 1.807) is 26.4 Å². The molecule has 18 heavy (non-hydrogen) atoms. The Hall–Kier alpha value is -1.38. The molecule has 1 unspecified atom stereocenters. The van der Waals surface area contributed by atoms with Crippen molar-refractivity contribution in [2.45, 2.75) is 18.0 Å². The molecule has 2 aromatic heterocycles. The number of hydrogen-bond acceptors (Lipinski definition) is 4. The second kappa shape index (κ2) is 4.71. The number of sulfonamides is 1. The van der Waals surface area contributed by atoms with E-state index in [4.69, 9.17) is 11.6 Å². The van der Waals surface area contributed by atoms with Crippen LogP contribution in [0.3, 0.4) is 0 Å². The lowest BCUT2D eigenvalue weighted by Crippen LogP contribution is -2.27. The Balaban J connectivity index is 2.25. The van der Waals surface area contributed by atoms with E-state index in [2.05, 4.69) is 19.9 Å². The Bertz CT molecular complexity index is 634. The first-order chi connectivity index (χ1) is 8.42. The zero-order valence-corrected chi connectivity index (χ0v) is 11.3. The van der Waals surface area contributed by atoms with Crippen molar-refractivity contribution in [2.24, 2.45) is 7.05 Å². The first-order valence-corrected chi connectivity index (χ1v) is 6.96. The van der Waals surface area contributed by atoms with Gasteiger partial charge in [-0.3, -0.25) is 5.10 Å². The Morgan fingerprint density at radius 3 is 2.78 bits per heavy atom. The molecule has 0 aliphatic rings. The van der Waals surface area contributed by atoms with Crippen LogP contribution in [0.4, 0.5) is 0 Å². The number of rotatable bonds is 4. The average molecular weight is 290 g/mol. The Morgan fingerprint density at radius 2 is 2.28 bits per heavy atom. The highest BCUT2D eigenvalue weighted by Gasteiger charge is 2.24. The SMILES string of the molecule is CC(NS(=O)(=O)c1ncn(C)c1Cl)c1cn[nH]c1. The number of aromatic amines is 1. The standard InChI is InChI=1S/C9H12ClN5O2S/c1-6(7-3-12-13-4-7)14-18(16,17)9-8(10)15(2)5-11-9/h3-6,14H,1-2H3,(H,12,13). The van der Waals surface area contributed by atoms with Crippen LogP contribution in [0, 0.1) is 0 Å². The maximum atomic E-state index is 12.1. The zero-order valence-electron chi connectivity index (χ0n) is 9.75. The third-order valence-corrected chi connectivity index (χ3v) is 4.47. The molecule has 0 saturated carbocycles. The fourth-order valence-corrected chi connectivity index (χ4v) is 3.09. The smallest absolute Gasteiger partial charge is 0.261 e. The summed E-state index contributed by atoms with van der Waals surface area (Å²) >= 11 is 5.86. The van der Waals surface area contributed by atoms with Crippen LogP contribution >= 0.6 is 11.6 Å². The molecule has 0 fully saturated rings. The number of nitrogens with one attached hydrogen (secondary N) is 2. The van der Waals surface area contributed by atoms with Gasteiger partial charge in [0, 0.05) is 24.8 Å². The first kappa shape index (κ1) is 13.1. The molecule has 7 nitrogen and oxygen atoms in total. The molecule has 2 heterocycles. The van der Waals surface area contributed by atoms with Crippen molar-refractivity contribution < 1.29 is 8.42 Å². The molecule has 2 rings (SSSR count). The largest absolute Gasteiger partial charge is 0.324 e. The van der Waals surface area contributed by atoms with Crippen LogP contribution in [0.5, 0.6) is 0 Å². The molecule has 0 radical (unpaired) electrons. The predicted octanol–water partition coefficient (Wildman–Crippen LogP) is 0.836. The number of H-pyrrole nitrogens is 1. The second-order valence-corrected chi connectivity index (χ2v) is 5.81. The van der Waals surface area contributed by atoms with E-state index in [9.17, 15) is 8.42 Å². The van der Waals surface area contributed by atoms with E-state index in [0.717, 1.165) is 5.56 Å². The van der Waals surface area contributed by atoms with Gasteiger partial charge in [-0.1, -0.05) is 11.6 Å². The van der Waals surface area contributed by atoms with E-state index in [-0.39, 0.29) is 10.2 Å². The minimum absolute atomic E-state index is 0.0712. The lowest BCUT2D eigenvalue weighted by Gasteiger charge is -2.11. The summed E-state index contributed by atoms with van der Waals surface area (Å²) in [4.78, 5) is 3.78. The van der Waals surface area contributed by atoms with Gasteiger partial charge < -0.3 is 4.57 Å².